The molecule has 2 heterocycles. The maximum atomic E-state index is 16.5. The zero-order valence-corrected chi connectivity index (χ0v) is 24.3. The van der Waals surface area contributed by atoms with E-state index in [1.807, 2.05) is 4.98 Å². The van der Waals surface area contributed by atoms with Crippen LogP contribution in [0.1, 0.15) is 40.8 Å². The Bertz CT molecular complexity index is 1430. The SMILES string of the molecule is CC(=O)O[C@H]1[C@@](C)(O)[C@H](n2ccc(=O)[nH]c2=O)O[C@]1(F)COP(=O)(NC(C)C(=O)OC(C)C)Oc1ccc(Cl)cc1. The molecule has 1 aliphatic heterocycles. The van der Waals surface area contributed by atoms with Gasteiger partial charge in [0.25, 0.3) is 11.4 Å². The summed E-state index contributed by atoms with van der Waals surface area (Å²) in [6, 6.07) is 5.13. The Hall–Kier alpha value is -3.07. The zero-order valence-electron chi connectivity index (χ0n) is 22.7. The van der Waals surface area contributed by atoms with E-state index in [9.17, 15) is 28.8 Å². The number of rotatable bonds is 11. The molecule has 0 saturated carbocycles. The van der Waals surface area contributed by atoms with Crippen LogP contribution in [0.4, 0.5) is 4.39 Å². The van der Waals surface area contributed by atoms with Crippen LogP contribution in [0.5, 0.6) is 5.75 Å². The fourth-order valence-electron chi connectivity index (χ4n) is 3.89. The molecule has 0 radical (unpaired) electrons. The van der Waals surface area contributed by atoms with Gasteiger partial charge in [0.05, 0.1) is 6.10 Å². The summed E-state index contributed by atoms with van der Waals surface area (Å²) in [5.74, 6) is -5.14. The van der Waals surface area contributed by atoms with Crippen molar-refractivity contribution in [3.8, 4) is 5.75 Å². The second-order valence-electron chi connectivity index (χ2n) is 9.64. The van der Waals surface area contributed by atoms with Gasteiger partial charge in [0.15, 0.2) is 12.3 Å². The molecule has 0 bridgehead atoms. The molecule has 14 nitrogen and oxygen atoms in total. The molecule has 3 N–H and O–H groups in total. The van der Waals surface area contributed by atoms with Gasteiger partial charge in [-0.05, 0) is 52.0 Å². The number of aromatic amines is 1. The third-order valence-electron chi connectivity index (χ3n) is 5.65. The molecule has 1 saturated heterocycles. The molecule has 0 aliphatic carbocycles. The summed E-state index contributed by atoms with van der Waals surface area (Å²) < 4.78 is 57.3. The Morgan fingerprint density at radius 2 is 1.88 bits per heavy atom. The van der Waals surface area contributed by atoms with Crippen molar-refractivity contribution in [1.29, 1.82) is 0 Å². The minimum atomic E-state index is -4.67. The van der Waals surface area contributed by atoms with Gasteiger partial charge in [-0.15, -0.1) is 0 Å². The van der Waals surface area contributed by atoms with Gasteiger partial charge in [0, 0.05) is 24.2 Å². The topological polar surface area (TPSA) is 184 Å². The van der Waals surface area contributed by atoms with Crippen molar-refractivity contribution in [2.24, 2.45) is 0 Å². The van der Waals surface area contributed by atoms with Crippen LogP contribution in [0, 0.1) is 0 Å². The largest absolute Gasteiger partial charge is 0.462 e. The van der Waals surface area contributed by atoms with Gasteiger partial charge in [-0.2, -0.15) is 5.09 Å². The van der Waals surface area contributed by atoms with Gasteiger partial charge in [-0.1, -0.05) is 11.6 Å². The van der Waals surface area contributed by atoms with Gasteiger partial charge >= 0.3 is 25.4 Å². The van der Waals surface area contributed by atoms with Crippen molar-refractivity contribution < 1.29 is 46.9 Å². The van der Waals surface area contributed by atoms with Gasteiger partial charge in [-0.25, -0.2) is 13.8 Å². The minimum Gasteiger partial charge on any atom is -0.462 e. The van der Waals surface area contributed by atoms with Gasteiger partial charge < -0.3 is 23.8 Å². The molecule has 17 heteroatoms. The molecule has 41 heavy (non-hydrogen) atoms. The van der Waals surface area contributed by atoms with Crippen LogP contribution < -0.4 is 20.9 Å². The smallest absolute Gasteiger partial charge is 0.459 e. The Labute approximate surface area is 238 Å². The normalized spacial score (nSPS) is 26.3. The molecular weight excluding hydrogens is 592 g/mol. The van der Waals surface area contributed by atoms with Crippen LogP contribution in [-0.2, 0) is 32.9 Å². The fraction of sp³-hybridized carbons (Fsp3) is 0.500. The zero-order chi connectivity index (χ0) is 30.8. The van der Waals surface area contributed by atoms with E-state index in [4.69, 9.17) is 34.9 Å². The molecule has 3 rings (SSSR count). The van der Waals surface area contributed by atoms with E-state index in [1.54, 1.807) is 13.8 Å². The number of H-pyrrole nitrogens is 1. The van der Waals surface area contributed by atoms with Crippen LogP contribution in [0.3, 0.4) is 0 Å². The van der Waals surface area contributed by atoms with Crippen molar-refractivity contribution in [3.63, 3.8) is 0 Å². The number of nitrogens with one attached hydrogen (secondary N) is 2. The monoisotopic (exact) mass is 621 g/mol. The summed E-state index contributed by atoms with van der Waals surface area (Å²) in [5.41, 5.74) is -4.26. The number of aromatic nitrogens is 2. The van der Waals surface area contributed by atoms with Crippen molar-refractivity contribution in [2.45, 2.75) is 70.6 Å². The van der Waals surface area contributed by atoms with Gasteiger partial charge in [0.1, 0.15) is 24.0 Å². The molecule has 2 unspecified atom stereocenters. The van der Waals surface area contributed by atoms with E-state index in [0.29, 0.717) is 9.59 Å². The number of carbonyl (C=O) groups excluding carboxylic acids is 2. The Balaban J connectivity index is 1.96. The second kappa shape index (κ2) is 12.4. The van der Waals surface area contributed by atoms with E-state index >= 15 is 4.39 Å². The number of nitrogens with zero attached hydrogens (tertiary/aromatic N) is 1. The first-order chi connectivity index (χ1) is 19.0. The first-order valence-corrected chi connectivity index (χ1v) is 14.1. The van der Waals surface area contributed by atoms with Crippen LogP contribution in [0.2, 0.25) is 5.02 Å². The first kappa shape index (κ1) is 32.4. The lowest BCUT2D eigenvalue weighted by atomic mass is 9.95. The molecule has 1 aromatic heterocycles. The molecule has 6 atom stereocenters. The summed E-state index contributed by atoms with van der Waals surface area (Å²) in [7, 11) is -4.67. The first-order valence-electron chi connectivity index (χ1n) is 12.2. The highest BCUT2D eigenvalue weighted by atomic mass is 35.5. The van der Waals surface area contributed by atoms with Crippen molar-refractivity contribution >= 4 is 31.3 Å². The molecular formula is C24H30ClFN3O11P. The summed E-state index contributed by atoms with van der Waals surface area (Å²) >= 11 is 5.88. The highest BCUT2D eigenvalue weighted by Crippen LogP contribution is 2.51. The number of alkyl halides is 1. The third kappa shape index (κ3) is 7.82. The maximum Gasteiger partial charge on any atom is 0.459 e. The van der Waals surface area contributed by atoms with Crippen molar-refractivity contribution in [1.82, 2.24) is 14.6 Å². The quantitative estimate of drug-likeness (QED) is 0.246. The average Bonchev–Trinajstić information content (AvgIpc) is 3.04. The molecule has 1 fully saturated rings. The van der Waals surface area contributed by atoms with Crippen LogP contribution in [0.25, 0.3) is 0 Å². The number of halogens is 2. The van der Waals surface area contributed by atoms with Gasteiger partial charge in [-0.3, -0.25) is 28.5 Å². The highest BCUT2D eigenvalue weighted by Gasteiger charge is 2.66. The molecule has 0 amide bonds. The summed E-state index contributed by atoms with van der Waals surface area (Å²) in [6.45, 7) is 5.15. The van der Waals surface area contributed by atoms with E-state index < -0.39 is 73.5 Å². The minimum absolute atomic E-state index is 0.0453. The van der Waals surface area contributed by atoms with Crippen LogP contribution in [-0.4, -0.2) is 62.9 Å². The number of esters is 2. The lowest BCUT2D eigenvalue weighted by molar-refractivity contribution is -0.214. The Morgan fingerprint density at radius 1 is 1.24 bits per heavy atom. The van der Waals surface area contributed by atoms with E-state index in [0.717, 1.165) is 26.1 Å². The number of carbonyl (C=O) groups is 2. The Morgan fingerprint density at radius 3 is 2.44 bits per heavy atom. The summed E-state index contributed by atoms with van der Waals surface area (Å²) in [6.07, 6.45) is -3.56. The van der Waals surface area contributed by atoms with Gasteiger partial charge in [0.2, 0.25) is 0 Å². The standard InChI is InChI=1S/C24H30ClFN3O11P/c1-13(2)37-19(32)14(3)28-41(35,40-17-8-6-16(25)7-9-17)36-12-24(26)20(38-15(4)30)23(5,34)21(39-24)29-11-10-18(31)27-22(29)33/h6-11,13-14,20-21,34H,12H2,1-5H3,(H,28,35)(H,27,31,33)/t14?,20-,21+,23+,24+,41?/m0/s1. The summed E-state index contributed by atoms with van der Waals surface area (Å²) in [4.78, 5) is 50.1. The predicted octanol–water partition coefficient (Wildman–Crippen LogP) is 2.20. The molecule has 1 aromatic carbocycles. The Kier molecular flexibility index (Phi) is 9.84. The van der Waals surface area contributed by atoms with E-state index in [1.165, 1.54) is 31.2 Å². The third-order valence-corrected chi connectivity index (χ3v) is 7.52. The number of benzene rings is 1. The number of aliphatic hydroxyl groups is 1. The number of hydrogen-bond acceptors (Lipinski definition) is 11. The molecule has 2 aromatic rings. The molecule has 226 valence electrons. The maximum absolute atomic E-state index is 16.5. The summed E-state index contributed by atoms with van der Waals surface area (Å²) in [5, 5.41) is 13.9. The molecule has 1 aliphatic rings. The highest BCUT2D eigenvalue weighted by molar-refractivity contribution is 7.52. The number of ether oxygens (including phenoxy) is 3. The average molecular weight is 622 g/mol. The van der Waals surface area contributed by atoms with Crippen LogP contribution >= 0.6 is 19.3 Å². The lowest BCUT2D eigenvalue weighted by Gasteiger charge is -2.31. The van der Waals surface area contributed by atoms with E-state index in [2.05, 4.69) is 5.09 Å². The predicted molar refractivity (Wildman–Crippen MR) is 141 cm³/mol. The lowest BCUT2D eigenvalue weighted by Crippen LogP contribution is -2.52. The fourth-order valence-corrected chi connectivity index (χ4v) is 5.52. The van der Waals surface area contributed by atoms with E-state index in [-0.39, 0.29) is 5.75 Å². The van der Waals surface area contributed by atoms with Crippen molar-refractivity contribution in [2.75, 3.05) is 6.61 Å². The van der Waals surface area contributed by atoms with Crippen molar-refractivity contribution in [3.05, 3.63) is 62.4 Å². The number of hydrogen-bond donors (Lipinski definition) is 3. The second-order valence-corrected chi connectivity index (χ2v) is 11.8. The molecule has 0 spiro atoms. The van der Waals surface area contributed by atoms with Crippen LogP contribution in [0.15, 0.2) is 46.1 Å².